The monoisotopic (exact) mass is 395 g/mol. The summed E-state index contributed by atoms with van der Waals surface area (Å²) >= 11 is 6.66. The van der Waals surface area contributed by atoms with Crippen molar-refractivity contribution in [2.24, 2.45) is 0 Å². The zero-order valence-corrected chi connectivity index (χ0v) is 17.1. The first-order valence-electron chi connectivity index (χ1n) is 8.65. The van der Waals surface area contributed by atoms with Crippen LogP contribution < -0.4 is 9.47 Å². The molecule has 142 valence electrons. The molecule has 1 amide bonds. The van der Waals surface area contributed by atoms with E-state index in [1.807, 2.05) is 24.3 Å². The van der Waals surface area contributed by atoms with Gasteiger partial charge in [-0.2, -0.15) is 0 Å². The quantitative estimate of drug-likeness (QED) is 0.338. The highest BCUT2D eigenvalue weighted by molar-refractivity contribution is 8.26. The number of thiocarbonyl (C=S) groups is 1. The van der Waals surface area contributed by atoms with Gasteiger partial charge >= 0.3 is 0 Å². The maximum Gasteiger partial charge on any atom is 0.266 e. The van der Waals surface area contributed by atoms with Crippen LogP contribution in [0, 0.1) is 0 Å². The van der Waals surface area contributed by atoms with Gasteiger partial charge in [-0.05, 0) is 36.6 Å². The number of thioether (sulfide) groups is 1. The number of ether oxygens (including phenoxy) is 3. The smallest absolute Gasteiger partial charge is 0.266 e. The molecule has 0 aliphatic carbocycles. The van der Waals surface area contributed by atoms with Gasteiger partial charge < -0.3 is 14.2 Å². The Labute approximate surface area is 164 Å². The predicted octanol–water partition coefficient (Wildman–Crippen LogP) is 4.11. The number of rotatable bonds is 10. The maximum atomic E-state index is 12.6. The topological polar surface area (TPSA) is 48.0 Å². The summed E-state index contributed by atoms with van der Waals surface area (Å²) in [6.45, 7) is 3.96. The Balaban J connectivity index is 2.11. The minimum atomic E-state index is -0.0571. The molecule has 1 heterocycles. The van der Waals surface area contributed by atoms with Gasteiger partial charge in [0.25, 0.3) is 5.91 Å². The van der Waals surface area contributed by atoms with Gasteiger partial charge in [0.1, 0.15) is 4.32 Å². The first kappa shape index (κ1) is 20.7. The van der Waals surface area contributed by atoms with Gasteiger partial charge in [-0.1, -0.05) is 43.4 Å². The van der Waals surface area contributed by atoms with E-state index >= 15 is 0 Å². The molecule has 0 saturated carbocycles. The number of benzene rings is 1. The highest BCUT2D eigenvalue weighted by Gasteiger charge is 2.31. The molecule has 0 unspecified atom stereocenters. The SMILES string of the molecule is CCCCOc1ccc(/C=C2/SC(=S)N(CCCOC)C2=O)cc1OC. The molecule has 1 fully saturated rings. The van der Waals surface area contributed by atoms with Crippen molar-refractivity contribution in [1.29, 1.82) is 0 Å². The summed E-state index contributed by atoms with van der Waals surface area (Å²) in [4.78, 5) is 14.8. The second kappa shape index (κ2) is 10.5. The molecule has 0 radical (unpaired) electrons. The first-order chi connectivity index (χ1) is 12.6. The van der Waals surface area contributed by atoms with Crippen LogP contribution in [0.3, 0.4) is 0 Å². The van der Waals surface area contributed by atoms with Crippen molar-refractivity contribution in [2.75, 3.05) is 34.0 Å². The Morgan fingerprint density at radius 3 is 2.69 bits per heavy atom. The van der Waals surface area contributed by atoms with E-state index in [9.17, 15) is 4.79 Å². The fourth-order valence-corrected chi connectivity index (χ4v) is 3.74. The minimum absolute atomic E-state index is 0.0571. The van der Waals surface area contributed by atoms with E-state index in [1.165, 1.54) is 11.8 Å². The third-order valence-corrected chi connectivity index (χ3v) is 5.22. The molecular formula is C19H25NO4S2. The van der Waals surface area contributed by atoms with Crippen molar-refractivity contribution in [3.05, 3.63) is 28.7 Å². The van der Waals surface area contributed by atoms with Crippen LogP contribution in [0.1, 0.15) is 31.7 Å². The van der Waals surface area contributed by atoms with Crippen LogP contribution in [0.25, 0.3) is 6.08 Å². The second-order valence-electron chi connectivity index (χ2n) is 5.79. The summed E-state index contributed by atoms with van der Waals surface area (Å²) in [5.41, 5.74) is 0.877. The fraction of sp³-hybridized carbons (Fsp3) is 0.474. The number of hydrogen-bond donors (Lipinski definition) is 0. The third kappa shape index (κ3) is 5.46. The molecule has 0 aromatic heterocycles. The number of nitrogens with zero attached hydrogens (tertiary/aromatic N) is 1. The highest BCUT2D eigenvalue weighted by atomic mass is 32.2. The average molecular weight is 396 g/mol. The van der Waals surface area contributed by atoms with E-state index in [0.29, 0.717) is 40.5 Å². The average Bonchev–Trinajstić information content (AvgIpc) is 2.90. The van der Waals surface area contributed by atoms with Crippen molar-refractivity contribution in [1.82, 2.24) is 4.90 Å². The van der Waals surface area contributed by atoms with E-state index in [1.54, 1.807) is 19.1 Å². The zero-order chi connectivity index (χ0) is 18.9. The third-order valence-electron chi connectivity index (χ3n) is 3.84. The van der Waals surface area contributed by atoms with Crippen LogP contribution >= 0.6 is 24.0 Å². The Kier molecular flexibility index (Phi) is 8.41. The summed E-state index contributed by atoms with van der Waals surface area (Å²) in [5.74, 6) is 1.31. The Hall–Kier alpha value is -1.57. The lowest BCUT2D eigenvalue weighted by Gasteiger charge is -2.13. The van der Waals surface area contributed by atoms with Gasteiger partial charge in [-0.15, -0.1) is 0 Å². The van der Waals surface area contributed by atoms with Gasteiger partial charge in [-0.25, -0.2) is 0 Å². The molecule has 0 bridgehead atoms. The standard InChI is InChI=1S/C19H25NO4S2/c1-4-5-11-24-15-8-7-14(12-16(15)23-3)13-17-18(21)20(19(25)26-17)9-6-10-22-2/h7-8,12-13H,4-6,9-11H2,1-3H3/b17-13+. The van der Waals surface area contributed by atoms with E-state index in [-0.39, 0.29) is 5.91 Å². The first-order valence-corrected chi connectivity index (χ1v) is 9.88. The highest BCUT2D eigenvalue weighted by Crippen LogP contribution is 2.34. The summed E-state index contributed by atoms with van der Waals surface area (Å²) in [6, 6.07) is 5.67. The van der Waals surface area contributed by atoms with Crippen LogP contribution in [-0.4, -0.2) is 49.1 Å². The van der Waals surface area contributed by atoms with Crippen LogP contribution in [-0.2, 0) is 9.53 Å². The van der Waals surface area contributed by atoms with Gasteiger partial charge in [0.2, 0.25) is 0 Å². The van der Waals surface area contributed by atoms with Crippen molar-refractivity contribution >= 4 is 40.3 Å². The van der Waals surface area contributed by atoms with Crippen molar-refractivity contribution < 1.29 is 19.0 Å². The fourth-order valence-electron chi connectivity index (χ4n) is 2.43. The normalized spacial score (nSPS) is 15.8. The molecule has 7 heteroatoms. The van der Waals surface area contributed by atoms with Crippen LogP contribution in [0.5, 0.6) is 11.5 Å². The molecule has 1 aromatic carbocycles. The molecule has 0 spiro atoms. The molecule has 0 N–H and O–H groups in total. The summed E-state index contributed by atoms with van der Waals surface area (Å²) < 4.78 is 16.8. The van der Waals surface area contributed by atoms with Gasteiger partial charge in [-0.3, -0.25) is 9.69 Å². The molecular weight excluding hydrogens is 370 g/mol. The van der Waals surface area contributed by atoms with E-state index < -0.39 is 0 Å². The van der Waals surface area contributed by atoms with Crippen LogP contribution in [0.4, 0.5) is 0 Å². The van der Waals surface area contributed by atoms with Gasteiger partial charge in [0.05, 0.1) is 18.6 Å². The number of carbonyl (C=O) groups is 1. The molecule has 0 atom stereocenters. The van der Waals surface area contributed by atoms with Crippen molar-refractivity contribution in [3.63, 3.8) is 0 Å². The Bertz CT molecular complexity index is 676. The number of amides is 1. The van der Waals surface area contributed by atoms with Crippen molar-refractivity contribution in [3.8, 4) is 11.5 Å². The number of carbonyl (C=O) groups excluding carboxylic acids is 1. The summed E-state index contributed by atoms with van der Waals surface area (Å²) in [6.07, 6.45) is 4.67. The predicted molar refractivity (Wildman–Crippen MR) is 110 cm³/mol. The van der Waals surface area contributed by atoms with Gasteiger partial charge in [0, 0.05) is 20.3 Å². The Morgan fingerprint density at radius 1 is 1.19 bits per heavy atom. The molecule has 5 nitrogen and oxygen atoms in total. The molecule has 1 aromatic rings. The lowest BCUT2D eigenvalue weighted by molar-refractivity contribution is -0.122. The largest absolute Gasteiger partial charge is 0.493 e. The second-order valence-corrected chi connectivity index (χ2v) is 7.47. The van der Waals surface area contributed by atoms with E-state index in [0.717, 1.165) is 24.8 Å². The van der Waals surface area contributed by atoms with E-state index in [4.69, 9.17) is 26.4 Å². The number of hydrogen-bond acceptors (Lipinski definition) is 6. The molecule has 26 heavy (non-hydrogen) atoms. The summed E-state index contributed by atoms with van der Waals surface area (Å²) in [7, 11) is 3.26. The van der Waals surface area contributed by atoms with E-state index in [2.05, 4.69) is 6.92 Å². The number of unbranched alkanes of at least 4 members (excludes halogenated alkanes) is 1. The lowest BCUT2D eigenvalue weighted by atomic mass is 10.2. The molecule has 2 rings (SSSR count). The summed E-state index contributed by atoms with van der Waals surface area (Å²) in [5, 5.41) is 0. The molecule has 1 aliphatic rings. The number of methoxy groups -OCH3 is 2. The van der Waals surface area contributed by atoms with Crippen LogP contribution in [0.2, 0.25) is 0 Å². The zero-order valence-electron chi connectivity index (χ0n) is 15.4. The maximum absolute atomic E-state index is 12.6. The van der Waals surface area contributed by atoms with Crippen LogP contribution in [0.15, 0.2) is 23.1 Å². The van der Waals surface area contributed by atoms with Gasteiger partial charge in [0.15, 0.2) is 11.5 Å². The Morgan fingerprint density at radius 2 is 2.00 bits per heavy atom. The lowest BCUT2D eigenvalue weighted by Crippen LogP contribution is -2.29. The molecule has 1 saturated heterocycles. The van der Waals surface area contributed by atoms with Crippen molar-refractivity contribution in [2.45, 2.75) is 26.2 Å². The minimum Gasteiger partial charge on any atom is -0.493 e. The molecule has 1 aliphatic heterocycles.